The topological polar surface area (TPSA) is 43.1 Å². The Balaban J connectivity index is 3.03. The minimum Gasteiger partial charge on any atom is -0.258 e. The maximum Gasteiger partial charge on any atom is 0.393 e. The van der Waals surface area contributed by atoms with Crippen LogP contribution in [0.15, 0.2) is 18.2 Å². The number of rotatable bonds is 2. The van der Waals surface area contributed by atoms with Crippen LogP contribution in [0.25, 0.3) is 0 Å². The molecule has 0 unspecified atom stereocenters. The van der Waals surface area contributed by atoms with E-state index < -0.39 is 17.5 Å². The van der Waals surface area contributed by atoms with Gasteiger partial charge >= 0.3 is 6.18 Å². The van der Waals surface area contributed by atoms with E-state index in [0.29, 0.717) is 3.57 Å². The number of nitrogens with zero attached hydrogens (tertiary/aromatic N) is 1. The fraction of sp³-hybridized carbons (Fsp3) is 0.250. The quantitative estimate of drug-likeness (QED) is 0.474. The second kappa shape index (κ2) is 4.33. The second-order valence-corrected chi connectivity index (χ2v) is 4.00. The van der Waals surface area contributed by atoms with Crippen LogP contribution in [0.5, 0.6) is 0 Å². The summed E-state index contributed by atoms with van der Waals surface area (Å²) in [5.74, 6) is 0. The summed E-state index contributed by atoms with van der Waals surface area (Å²) < 4.78 is 36.3. The highest BCUT2D eigenvalue weighted by atomic mass is 127. The Hall–Kier alpha value is -0.860. The first-order valence-electron chi connectivity index (χ1n) is 3.79. The number of nitro groups is 1. The highest BCUT2D eigenvalue weighted by Crippen LogP contribution is 2.26. The zero-order valence-corrected chi connectivity index (χ0v) is 9.37. The fourth-order valence-electron chi connectivity index (χ4n) is 1.04. The third kappa shape index (κ3) is 3.65. The summed E-state index contributed by atoms with van der Waals surface area (Å²) >= 11 is 1.71. The van der Waals surface area contributed by atoms with Crippen molar-refractivity contribution in [3.63, 3.8) is 0 Å². The van der Waals surface area contributed by atoms with E-state index in [0.717, 1.165) is 6.07 Å². The van der Waals surface area contributed by atoms with Crippen molar-refractivity contribution in [1.82, 2.24) is 0 Å². The van der Waals surface area contributed by atoms with Crippen LogP contribution in [0.1, 0.15) is 5.56 Å². The Bertz CT molecular complexity index is 392. The van der Waals surface area contributed by atoms with Crippen LogP contribution in [0.4, 0.5) is 18.9 Å². The maximum atomic E-state index is 12.0. The van der Waals surface area contributed by atoms with Gasteiger partial charge in [0.1, 0.15) is 0 Å². The van der Waals surface area contributed by atoms with Crippen LogP contribution in [-0.2, 0) is 6.42 Å². The molecule has 0 saturated carbocycles. The summed E-state index contributed by atoms with van der Waals surface area (Å²) in [6, 6.07) is 3.50. The van der Waals surface area contributed by atoms with Crippen LogP contribution >= 0.6 is 22.6 Å². The van der Waals surface area contributed by atoms with Gasteiger partial charge in [0.2, 0.25) is 0 Å². The molecule has 7 heteroatoms. The van der Waals surface area contributed by atoms with E-state index in [1.54, 1.807) is 22.6 Å². The number of alkyl halides is 3. The molecule has 0 N–H and O–H groups in total. The van der Waals surface area contributed by atoms with Gasteiger partial charge in [-0.15, -0.1) is 0 Å². The lowest BCUT2D eigenvalue weighted by atomic mass is 10.1. The summed E-state index contributed by atoms with van der Waals surface area (Å²) in [7, 11) is 0. The molecular formula is C8H5F3INO2. The van der Waals surface area contributed by atoms with Crippen molar-refractivity contribution in [2.24, 2.45) is 0 Å². The average molecular weight is 331 g/mol. The van der Waals surface area contributed by atoms with Gasteiger partial charge in [0.15, 0.2) is 0 Å². The maximum absolute atomic E-state index is 12.0. The number of hydrogen-bond donors (Lipinski definition) is 0. The molecule has 0 aliphatic heterocycles. The van der Waals surface area contributed by atoms with E-state index in [-0.39, 0.29) is 11.3 Å². The normalized spacial score (nSPS) is 11.5. The van der Waals surface area contributed by atoms with Gasteiger partial charge in [-0.1, -0.05) is 6.07 Å². The molecule has 0 aliphatic carbocycles. The SMILES string of the molecule is O=[N+]([O-])c1cc(CC(F)(F)F)ccc1I. The average Bonchev–Trinajstić information content (AvgIpc) is 2.05. The van der Waals surface area contributed by atoms with E-state index in [1.807, 2.05) is 0 Å². The molecule has 3 nitrogen and oxygen atoms in total. The Kier molecular flexibility index (Phi) is 3.53. The Morgan fingerprint density at radius 2 is 2.00 bits per heavy atom. The molecule has 1 aromatic carbocycles. The standard InChI is InChI=1S/C8H5F3INO2/c9-8(10,11)4-5-1-2-6(12)7(3-5)13(14)15/h1-3H,4H2. The molecule has 0 aromatic heterocycles. The van der Waals surface area contributed by atoms with Crippen LogP contribution in [0, 0.1) is 13.7 Å². The van der Waals surface area contributed by atoms with Gasteiger partial charge in [0, 0.05) is 6.07 Å². The van der Waals surface area contributed by atoms with Crippen molar-refractivity contribution in [1.29, 1.82) is 0 Å². The first kappa shape index (κ1) is 12.2. The van der Waals surface area contributed by atoms with Gasteiger partial charge in [-0.3, -0.25) is 10.1 Å². The molecule has 0 atom stereocenters. The van der Waals surface area contributed by atoms with Gasteiger partial charge in [-0.05, 0) is 34.2 Å². The molecule has 0 bridgehead atoms. The lowest BCUT2D eigenvalue weighted by molar-refractivity contribution is -0.385. The molecule has 0 saturated heterocycles. The van der Waals surface area contributed by atoms with Crippen molar-refractivity contribution in [3.8, 4) is 0 Å². The summed E-state index contributed by atoms with van der Waals surface area (Å²) in [6.07, 6.45) is -5.49. The fourth-order valence-corrected chi connectivity index (χ4v) is 1.57. The van der Waals surface area contributed by atoms with Crippen molar-refractivity contribution >= 4 is 28.3 Å². The summed E-state index contributed by atoms with van der Waals surface area (Å²) in [5, 5.41) is 10.5. The second-order valence-electron chi connectivity index (χ2n) is 2.83. The number of hydrogen-bond acceptors (Lipinski definition) is 2. The smallest absolute Gasteiger partial charge is 0.258 e. The van der Waals surface area contributed by atoms with Gasteiger partial charge < -0.3 is 0 Å². The minimum absolute atomic E-state index is 0.102. The van der Waals surface area contributed by atoms with Crippen LogP contribution in [0.3, 0.4) is 0 Å². The van der Waals surface area contributed by atoms with E-state index >= 15 is 0 Å². The Morgan fingerprint density at radius 1 is 1.40 bits per heavy atom. The largest absolute Gasteiger partial charge is 0.393 e. The molecule has 0 amide bonds. The Morgan fingerprint density at radius 3 is 2.47 bits per heavy atom. The molecule has 0 radical (unpaired) electrons. The van der Waals surface area contributed by atoms with Gasteiger partial charge in [0.05, 0.1) is 14.9 Å². The molecule has 1 rings (SSSR count). The van der Waals surface area contributed by atoms with Gasteiger partial charge in [-0.25, -0.2) is 0 Å². The highest BCUT2D eigenvalue weighted by Gasteiger charge is 2.28. The van der Waals surface area contributed by atoms with Crippen molar-refractivity contribution < 1.29 is 18.1 Å². The molecule has 15 heavy (non-hydrogen) atoms. The number of halogens is 4. The van der Waals surface area contributed by atoms with Crippen molar-refractivity contribution in [2.75, 3.05) is 0 Å². The summed E-state index contributed by atoms with van der Waals surface area (Å²) in [4.78, 5) is 9.77. The third-order valence-corrected chi connectivity index (χ3v) is 2.52. The van der Waals surface area contributed by atoms with E-state index in [9.17, 15) is 23.3 Å². The molecule has 0 spiro atoms. The van der Waals surface area contributed by atoms with Crippen LogP contribution < -0.4 is 0 Å². The monoisotopic (exact) mass is 331 g/mol. The highest BCUT2D eigenvalue weighted by molar-refractivity contribution is 14.1. The molecule has 82 valence electrons. The first-order chi connectivity index (χ1) is 6.79. The minimum atomic E-state index is -4.35. The molecule has 0 fully saturated rings. The first-order valence-corrected chi connectivity index (χ1v) is 4.87. The summed E-state index contributed by atoms with van der Waals surface area (Å²) in [5.41, 5.74) is -0.396. The van der Waals surface area contributed by atoms with Gasteiger partial charge in [0.25, 0.3) is 5.69 Å². The van der Waals surface area contributed by atoms with E-state index in [4.69, 9.17) is 0 Å². The van der Waals surface area contributed by atoms with Crippen LogP contribution in [0.2, 0.25) is 0 Å². The number of nitro benzene ring substituents is 1. The molecule has 0 heterocycles. The number of benzene rings is 1. The molecular weight excluding hydrogens is 326 g/mol. The van der Waals surface area contributed by atoms with Crippen molar-refractivity contribution in [2.45, 2.75) is 12.6 Å². The summed E-state index contributed by atoms with van der Waals surface area (Å²) in [6.45, 7) is 0. The Labute approximate surface area is 96.6 Å². The predicted molar refractivity (Wildman–Crippen MR) is 55.6 cm³/mol. The van der Waals surface area contributed by atoms with Gasteiger partial charge in [-0.2, -0.15) is 13.2 Å². The third-order valence-electron chi connectivity index (χ3n) is 1.61. The zero-order chi connectivity index (χ0) is 11.6. The van der Waals surface area contributed by atoms with Crippen LogP contribution in [-0.4, -0.2) is 11.1 Å². The lowest BCUT2D eigenvalue weighted by Gasteiger charge is -2.06. The zero-order valence-electron chi connectivity index (χ0n) is 7.21. The molecule has 0 aliphatic rings. The van der Waals surface area contributed by atoms with Crippen molar-refractivity contribution in [3.05, 3.63) is 37.4 Å². The lowest BCUT2D eigenvalue weighted by Crippen LogP contribution is -2.11. The molecule has 1 aromatic rings. The van der Waals surface area contributed by atoms with E-state index in [2.05, 4.69) is 0 Å². The predicted octanol–water partition coefficient (Wildman–Crippen LogP) is 3.30. The van der Waals surface area contributed by atoms with E-state index in [1.165, 1.54) is 12.1 Å².